The first-order valence-electron chi connectivity index (χ1n) is 4.21. The minimum absolute atomic E-state index is 0.462. The summed E-state index contributed by atoms with van der Waals surface area (Å²) in [5, 5.41) is 2.42. The Kier molecular flexibility index (Phi) is 5.28. The largest absolute Gasteiger partial charge is 0.350 e. The van der Waals surface area contributed by atoms with Crippen molar-refractivity contribution in [3.05, 3.63) is 0 Å². The van der Waals surface area contributed by atoms with Crippen LogP contribution in [0.15, 0.2) is 0 Å². The molecule has 0 bridgehead atoms. The number of amides is 1. The van der Waals surface area contributed by atoms with Crippen molar-refractivity contribution in [2.24, 2.45) is 5.73 Å². The fourth-order valence-electron chi connectivity index (χ4n) is 0.858. The van der Waals surface area contributed by atoms with Crippen LogP contribution in [0.3, 0.4) is 0 Å². The van der Waals surface area contributed by atoms with Crippen LogP contribution in [0.25, 0.3) is 0 Å². The molecule has 1 unspecified atom stereocenters. The molecular weight excluding hydrogens is 156 g/mol. The second-order valence-corrected chi connectivity index (χ2v) is 2.62. The van der Waals surface area contributed by atoms with Gasteiger partial charge in [-0.2, -0.15) is 0 Å². The molecule has 12 heavy (non-hydrogen) atoms. The average Bonchev–Trinajstić information content (AvgIpc) is 2.04. The number of carbonyl (C=O) groups excluding carboxylic acids is 2. The summed E-state index contributed by atoms with van der Waals surface area (Å²) in [5.74, 6) is -1.09. The second kappa shape index (κ2) is 5.71. The Labute approximate surface area is 72.5 Å². The minimum atomic E-state index is -0.637. The predicted molar refractivity (Wildman–Crippen MR) is 46.6 cm³/mol. The summed E-state index contributed by atoms with van der Waals surface area (Å²) >= 11 is 0. The van der Waals surface area contributed by atoms with Gasteiger partial charge in [0.2, 0.25) is 5.78 Å². The number of rotatable bonds is 5. The third kappa shape index (κ3) is 3.48. The van der Waals surface area contributed by atoms with E-state index in [2.05, 4.69) is 5.32 Å². The van der Waals surface area contributed by atoms with Crippen molar-refractivity contribution in [2.75, 3.05) is 6.54 Å². The molecule has 0 aromatic carbocycles. The highest BCUT2D eigenvalue weighted by atomic mass is 16.2. The lowest BCUT2D eigenvalue weighted by atomic mass is 10.1. The Morgan fingerprint density at radius 1 is 1.42 bits per heavy atom. The Morgan fingerprint density at radius 2 is 2.00 bits per heavy atom. The highest BCUT2D eigenvalue weighted by Crippen LogP contribution is 1.94. The van der Waals surface area contributed by atoms with Gasteiger partial charge >= 0.3 is 0 Å². The van der Waals surface area contributed by atoms with Gasteiger partial charge in [0, 0.05) is 6.54 Å². The van der Waals surface area contributed by atoms with Crippen LogP contribution >= 0.6 is 0 Å². The highest BCUT2D eigenvalue weighted by Gasteiger charge is 2.19. The molecule has 0 rings (SSSR count). The van der Waals surface area contributed by atoms with Crippen molar-refractivity contribution in [2.45, 2.75) is 32.7 Å². The van der Waals surface area contributed by atoms with Crippen LogP contribution in [-0.4, -0.2) is 24.3 Å². The van der Waals surface area contributed by atoms with Gasteiger partial charge in [0.05, 0.1) is 6.04 Å². The summed E-state index contributed by atoms with van der Waals surface area (Å²) in [6, 6.07) is -0.637. The molecule has 0 spiro atoms. The molecule has 1 atom stereocenters. The van der Waals surface area contributed by atoms with Crippen LogP contribution < -0.4 is 11.1 Å². The molecule has 0 saturated heterocycles. The van der Waals surface area contributed by atoms with Crippen LogP contribution in [-0.2, 0) is 9.59 Å². The third-order valence-electron chi connectivity index (χ3n) is 1.50. The van der Waals surface area contributed by atoms with Gasteiger partial charge in [-0.1, -0.05) is 13.3 Å². The van der Waals surface area contributed by atoms with E-state index in [0.717, 1.165) is 6.42 Å². The molecule has 0 aliphatic carbocycles. The van der Waals surface area contributed by atoms with Crippen molar-refractivity contribution < 1.29 is 9.59 Å². The molecule has 0 radical (unpaired) electrons. The summed E-state index contributed by atoms with van der Waals surface area (Å²) in [4.78, 5) is 22.0. The average molecular weight is 172 g/mol. The van der Waals surface area contributed by atoms with Gasteiger partial charge in [-0.15, -0.1) is 0 Å². The molecule has 70 valence electrons. The van der Waals surface area contributed by atoms with Crippen molar-refractivity contribution >= 4 is 11.7 Å². The molecule has 0 aliphatic heterocycles. The Hall–Kier alpha value is -0.900. The minimum Gasteiger partial charge on any atom is -0.350 e. The molecule has 4 heteroatoms. The summed E-state index contributed by atoms with van der Waals surface area (Å²) in [6.07, 6.45) is 1.38. The smallest absolute Gasteiger partial charge is 0.289 e. The summed E-state index contributed by atoms with van der Waals surface area (Å²) < 4.78 is 0. The number of hydrogen-bond acceptors (Lipinski definition) is 3. The lowest BCUT2D eigenvalue weighted by molar-refractivity contribution is -0.138. The molecule has 0 aromatic rings. The molecule has 0 aromatic heterocycles. The van der Waals surface area contributed by atoms with Crippen LogP contribution in [0, 0.1) is 0 Å². The Bertz CT molecular complexity index is 168. The van der Waals surface area contributed by atoms with E-state index >= 15 is 0 Å². The van der Waals surface area contributed by atoms with Crippen molar-refractivity contribution in [1.29, 1.82) is 0 Å². The van der Waals surface area contributed by atoms with Gasteiger partial charge in [-0.25, -0.2) is 0 Å². The van der Waals surface area contributed by atoms with Crippen molar-refractivity contribution in [1.82, 2.24) is 5.32 Å². The van der Waals surface area contributed by atoms with Crippen molar-refractivity contribution in [3.63, 3.8) is 0 Å². The van der Waals surface area contributed by atoms with E-state index in [4.69, 9.17) is 5.73 Å². The molecule has 1 amide bonds. The van der Waals surface area contributed by atoms with Crippen LogP contribution in [0.1, 0.15) is 26.7 Å². The predicted octanol–water partition coefficient (Wildman–Crippen LogP) is -0.181. The zero-order valence-electron chi connectivity index (χ0n) is 7.59. The second-order valence-electron chi connectivity index (χ2n) is 2.62. The first-order chi connectivity index (χ1) is 5.63. The molecule has 4 nitrogen and oxygen atoms in total. The standard InChI is InChI=1S/C8H16N2O2/c1-3-5-6(9)7(11)8(12)10-4-2/h6H,3-5,9H2,1-2H3,(H,10,12). The first-order valence-corrected chi connectivity index (χ1v) is 4.21. The van der Waals surface area contributed by atoms with E-state index in [9.17, 15) is 9.59 Å². The van der Waals surface area contributed by atoms with E-state index < -0.39 is 17.7 Å². The number of Topliss-reactive ketones (excluding diaryl/α,β-unsaturated/α-hetero) is 1. The lowest BCUT2D eigenvalue weighted by Crippen LogP contribution is -2.42. The normalized spacial score (nSPS) is 12.2. The zero-order valence-corrected chi connectivity index (χ0v) is 7.59. The maximum absolute atomic E-state index is 11.1. The summed E-state index contributed by atoms with van der Waals surface area (Å²) in [5.41, 5.74) is 5.45. The molecule has 0 aliphatic rings. The maximum atomic E-state index is 11.1. The fourth-order valence-corrected chi connectivity index (χ4v) is 0.858. The quantitative estimate of drug-likeness (QED) is 0.565. The van der Waals surface area contributed by atoms with E-state index in [1.54, 1.807) is 6.92 Å². The van der Waals surface area contributed by atoms with Crippen LogP contribution in [0.5, 0.6) is 0 Å². The number of carbonyl (C=O) groups is 2. The number of ketones is 1. The van der Waals surface area contributed by atoms with Gasteiger partial charge in [-0.05, 0) is 13.3 Å². The topological polar surface area (TPSA) is 72.2 Å². The molecule has 0 heterocycles. The lowest BCUT2D eigenvalue weighted by Gasteiger charge is -2.07. The fraction of sp³-hybridized carbons (Fsp3) is 0.750. The monoisotopic (exact) mass is 172 g/mol. The zero-order chi connectivity index (χ0) is 9.56. The summed E-state index contributed by atoms with van der Waals surface area (Å²) in [6.45, 7) is 4.14. The first kappa shape index (κ1) is 11.1. The van der Waals surface area contributed by atoms with Gasteiger partial charge in [0.25, 0.3) is 5.91 Å². The van der Waals surface area contributed by atoms with E-state index in [0.29, 0.717) is 13.0 Å². The number of nitrogens with two attached hydrogens (primary N) is 1. The number of likely N-dealkylation sites (N-methyl/N-ethyl adjacent to an activating group) is 1. The molecule has 3 N–H and O–H groups in total. The van der Waals surface area contributed by atoms with E-state index in [1.807, 2.05) is 6.92 Å². The van der Waals surface area contributed by atoms with Crippen LogP contribution in [0.2, 0.25) is 0 Å². The number of nitrogens with one attached hydrogen (secondary N) is 1. The Morgan fingerprint density at radius 3 is 2.42 bits per heavy atom. The maximum Gasteiger partial charge on any atom is 0.289 e. The van der Waals surface area contributed by atoms with E-state index in [-0.39, 0.29) is 0 Å². The van der Waals surface area contributed by atoms with E-state index in [1.165, 1.54) is 0 Å². The van der Waals surface area contributed by atoms with Gasteiger partial charge in [0.15, 0.2) is 0 Å². The van der Waals surface area contributed by atoms with Gasteiger partial charge < -0.3 is 11.1 Å². The molecule has 0 saturated carbocycles. The van der Waals surface area contributed by atoms with Crippen LogP contribution in [0.4, 0.5) is 0 Å². The Balaban J connectivity index is 3.91. The molecular formula is C8H16N2O2. The SMILES string of the molecule is CCCC(N)C(=O)C(=O)NCC. The van der Waals surface area contributed by atoms with Gasteiger partial charge in [0.1, 0.15) is 0 Å². The number of hydrogen-bond donors (Lipinski definition) is 2. The van der Waals surface area contributed by atoms with Crippen molar-refractivity contribution in [3.8, 4) is 0 Å². The highest BCUT2D eigenvalue weighted by molar-refractivity contribution is 6.38. The molecule has 0 fully saturated rings. The third-order valence-corrected chi connectivity index (χ3v) is 1.50. The van der Waals surface area contributed by atoms with Gasteiger partial charge in [-0.3, -0.25) is 9.59 Å². The summed E-state index contributed by atoms with van der Waals surface area (Å²) in [7, 11) is 0.